The van der Waals surface area contributed by atoms with Crippen molar-refractivity contribution < 1.29 is 13.9 Å². The number of esters is 1. The minimum atomic E-state index is -0.505. The van der Waals surface area contributed by atoms with Crippen molar-refractivity contribution in [1.29, 1.82) is 0 Å². The second-order valence-electron chi connectivity index (χ2n) is 1.48. The number of halogens is 1. The predicted molar refractivity (Wildman–Crippen MR) is 35.5 cm³/mol. The summed E-state index contributed by atoms with van der Waals surface area (Å²) < 4.78 is 9.06. The molecule has 0 unspecified atom stereocenters. The molecule has 0 atom stereocenters. The number of methoxy groups -OCH3 is 1. The minimum Gasteiger partial charge on any atom is -0.464 e. The molecule has 5 heteroatoms. The predicted octanol–water partition coefficient (Wildman–Crippen LogP) is 1.22. The molecule has 54 valence electrons. The average Bonchev–Trinajstić information content (AvgIpc) is 2.34. The van der Waals surface area contributed by atoms with Crippen molar-refractivity contribution >= 4 is 21.9 Å². The van der Waals surface area contributed by atoms with E-state index in [0.717, 1.165) is 0 Å². The zero-order chi connectivity index (χ0) is 7.56. The van der Waals surface area contributed by atoms with Gasteiger partial charge in [-0.3, -0.25) is 0 Å². The molecule has 0 fully saturated rings. The molecule has 0 bridgehead atoms. The molecule has 1 aromatic heterocycles. The molecule has 0 aliphatic rings. The van der Waals surface area contributed by atoms with Gasteiger partial charge in [-0.2, -0.15) is 4.98 Å². The summed E-state index contributed by atoms with van der Waals surface area (Å²) in [5.74, 6) is -0.505. The monoisotopic (exact) mass is 205 g/mol. The molecule has 0 aromatic carbocycles. The van der Waals surface area contributed by atoms with Gasteiger partial charge in [0.05, 0.1) is 7.11 Å². The molecule has 0 saturated heterocycles. The zero-order valence-corrected chi connectivity index (χ0v) is 6.71. The highest BCUT2D eigenvalue weighted by Crippen LogP contribution is 2.08. The van der Waals surface area contributed by atoms with E-state index >= 15 is 0 Å². The number of carbonyl (C=O) groups excluding carboxylic acids is 1. The lowest BCUT2D eigenvalue weighted by molar-refractivity contribution is 0.0594. The van der Waals surface area contributed by atoms with Crippen LogP contribution >= 0.6 is 15.9 Å². The van der Waals surface area contributed by atoms with E-state index in [2.05, 4.69) is 25.7 Å². The topological polar surface area (TPSA) is 52.3 Å². The van der Waals surface area contributed by atoms with Gasteiger partial charge in [-0.15, -0.1) is 0 Å². The van der Waals surface area contributed by atoms with Crippen LogP contribution in [-0.4, -0.2) is 18.1 Å². The first-order valence-electron chi connectivity index (χ1n) is 2.43. The van der Waals surface area contributed by atoms with E-state index in [1.807, 2.05) is 0 Å². The maximum atomic E-state index is 10.7. The second-order valence-corrected chi connectivity index (χ2v) is 2.16. The maximum Gasteiger partial charge on any atom is 0.360 e. The fourth-order valence-electron chi connectivity index (χ4n) is 0.450. The largest absolute Gasteiger partial charge is 0.464 e. The number of ether oxygens (including phenoxy) is 1. The molecular weight excluding hydrogens is 202 g/mol. The van der Waals surface area contributed by atoms with Crippen LogP contribution in [0.2, 0.25) is 0 Å². The maximum absolute atomic E-state index is 10.7. The Bertz CT molecular complexity index is 245. The van der Waals surface area contributed by atoms with Crippen LogP contribution in [0.5, 0.6) is 0 Å². The molecule has 0 aliphatic carbocycles. The first kappa shape index (κ1) is 7.27. The molecule has 0 N–H and O–H groups in total. The summed E-state index contributed by atoms with van der Waals surface area (Å²) in [6.07, 6.45) is 1.22. The standard InChI is InChI=1S/C5H4BrNO3/c1-9-4(8)3-2-10-5(6)7-3/h2H,1H3. The van der Waals surface area contributed by atoms with Gasteiger partial charge in [0.2, 0.25) is 0 Å². The molecule has 1 heterocycles. The van der Waals surface area contributed by atoms with Crippen LogP contribution in [0.1, 0.15) is 10.5 Å². The number of nitrogens with zero attached hydrogens (tertiary/aromatic N) is 1. The number of carbonyl (C=O) groups is 1. The summed E-state index contributed by atoms with van der Waals surface area (Å²) >= 11 is 2.94. The van der Waals surface area contributed by atoms with Gasteiger partial charge in [-0.1, -0.05) is 0 Å². The van der Waals surface area contributed by atoms with E-state index in [0.29, 0.717) is 0 Å². The molecule has 0 spiro atoms. The van der Waals surface area contributed by atoms with Crippen LogP contribution in [-0.2, 0) is 4.74 Å². The number of hydrogen-bond donors (Lipinski definition) is 0. The van der Waals surface area contributed by atoms with Crippen LogP contribution in [0.3, 0.4) is 0 Å². The lowest BCUT2D eigenvalue weighted by Crippen LogP contribution is -2.00. The Morgan fingerprint density at radius 2 is 2.60 bits per heavy atom. The fraction of sp³-hybridized carbons (Fsp3) is 0.200. The lowest BCUT2D eigenvalue weighted by Gasteiger charge is -1.88. The Hall–Kier alpha value is -0.840. The van der Waals surface area contributed by atoms with Gasteiger partial charge >= 0.3 is 5.97 Å². The van der Waals surface area contributed by atoms with Gasteiger partial charge in [-0.05, 0) is 0 Å². The van der Waals surface area contributed by atoms with Crippen LogP contribution in [0.15, 0.2) is 15.5 Å². The molecule has 4 nitrogen and oxygen atoms in total. The Morgan fingerprint density at radius 3 is 3.00 bits per heavy atom. The van der Waals surface area contributed by atoms with Crippen LogP contribution in [0.25, 0.3) is 0 Å². The normalized spacial score (nSPS) is 9.40. The van der Waals surface area contributed by atoms with E-state index in [-0.39, 0.29) is 10.5 Å². The summed E-state index contributed by atoms with van der Waals surface area (Å²) in [4.78, 5) is 14.6. The summed E-state index contributed by atoms with van der Waals surface area (Å²) in [5.41, 5.74) is 0.161. The Morgan fingerprint density at radius 1 is 1.90 bits per heavy atom. The first-order chi connectivity index (χ1) is 4.74. The third-order valence-corrected chi connectivity index (χ3v) is 1.23. The van der Waals surface area contributed by atoms with E-state index in [1.165, 1.54) is 13.4 Å². The number of aromatic nitrogens is 1. The van der Waals surface area contributed by atoms with Crippen molar-refractivity contribution in [2.24, 2.45) is 0 Å². The summed E-state index contributed by atoms with van der Waals surface area (Å²) in [6.45, 7) is 0. The van der Waals surface area contributed by atoms with Gasteiger partial charge in [0, 0.05) is 15.9 Å². The summed E-state index contributed by atoms with van der Waals surface area (Å²) in [7, 11) is 1.28. The Labute approximate surface area is 65.3 Å². The van der Waals surface area contributed by atoms with Gasteiger partial charge < -0.3 is 9.15 Å². The molecule has 1 aromatic rings. The minimum absolute atomic E-state index is 0.161. The smallest absolute Gasteiger partial charge is 0.360 e. The molecule has 0 amide bonds. The van der Waals surface area contributed by atoms with E-state index in [4.69, 9.17) is 4.42 Å². The van der Waals surface area contributed by atoms with Gasteiger partial charge in [-0.25, -0.2) is 4.79 Å². The van der Waals surface area contributed by atoms with Crippen molar-refractivity contribution in [3.8, 4) is 0 Å². The molecule has 0 aliphatic heterocycles. The zero-order valence-electron chi connectivity index (χ0n) is 5.13. The Balaban J connectivity index is 2.85. The third-order valence-electron chi connectivity index (χ3n) is 0.871. The van der Waals surface area contributed by atoms with Crippen LogP contribution in [0, 0.1) is 0 Å². The highest BCUT2D eigenvalue weighted by molar-refractivity contribution is 9.10. The average molecular weight is 206 g/mol. The van der Waals surface area contributed by atoms with Crippen molar-refractivity contribution in [2.45, 2.75) is 0 Å². The van der Waals surface area contributed by atoms with Crippen LogP contribution in [0.4, 0.5) is 0 Å². The third kappa shape index (κ3) is 1.36. The fourth-order valence-corrected chi connectivity index (χ4v) is 0.735. The lowest BCUT2D eigenvalue weighted by atomic mass is 10.5. The van der Waals surface area contributed by atoms with E-state index < -0.39 is 5.97 Å². The van der Waals surface area contributed by atoms with Crippen molar-refractivity contribution in [3.05, 3.63) is 16.8 Å². The first-order valence-corrected chi connectivity index (χ1v) is 3.22. The van der Waals surface area contributed by atoms with E-state index in [9.17, 15) is 4.79 Å². The quantitative estimate of drug-likeness (QED) is 0.648. The summed E-state index contributed by atoms with van der Waals surface area (Å²) in [6, 6.07) is 0. The molecular formula is C5H4BrNO3. The summed E-state index contributed by atoms with van der Waals surface area (Å²) in [5, 5.41) is 0. The van der Waals surface area contributed by atoms with Gasteiger partial charge in [0.1, 0.15) is 6.26 Å². The highest BCUT2D eigenvalue weighted by atomic mass is 79.9. The number of hydrogen-bond acceptors (Lipinski definition) is 4. The van der Waals surface area contributed by atoms with Crippen molar-refractivity contribution in [1.82, 2.24) is 4.98 Å². The van der Waals surface area contributed by atoms with Gasteiger partial charge in [0.15, 0.2) is 5.69 Å². The van der Waals surface area contributed by atoms with Gasteiger partial charge in [0.25, 0.3) is 4.80 Å². The SMILES string of the molecule is COC(=O)c1coc(Br)n1. The van der Waals surface area contributed by atoms with Crippen LogP contribution < -0.4 is 0 Å². The molecule has 0 saturated carbocycles. The van der Waals surface area contributed by atoms with Crippen molar-refractivity contribution in [3.63, 3.8) is 0 Å². The molecule has 1 rings (SSSR count). The molecule has 0 radical (unpaired) electrons. The number of rotatable bonds is 1. The highest BCUT2D eigenvalue weighted by Gasteiger charge is 2.09. The Kier molecular flexibility index (Phi) is 2.06. The number of oxazole rings is 1. The van der Waals surface area contributed by atoms with Crippen molar-refractivity contribution in [2.75, 3.05) is 7.11 Å². The van der Waals surface area contributed by atoms with E-state index in [1.54, 1.807) is 0 Å². The molecule has 10 heavy (non-hydrogen) atoms. The second kappa shape index (κ2) is 2.83.